The Bertz CT molecular complexity index is 662. The zero-order valence-corrected chi connectivity index (χ0v) is 14.2. The molecule has 0 bridgehead atoms. The first kappa shape index (κ1) is 19.3. The molecule has 0 radical (unpaired) electrons. The number of alkyl halides is 3. The van der Waals surface area contributed by atoms with Gasteiger partial charge in [0.1, 0.15) is 0 Å². The summed E-state index contributed by atoms with van der Waals surface area (Å²) in [5, 5.41) is 0. The fourth-order valence-electron chi connectivity index (χ4n) is 2.68. The molecule has 0 unspecified atom stereocenters. The van der Waals surface area contributed by atoms with E-state index in [9.17, 15) is 17.6 Å². The maximum atomic E-state index is 13.8. The molecule has 0 N–H and O–H groups in total. The third kappa shape index (κ3) is 6.40. The molecule has 25 heavy (non-hydrogen) atoms. The topological polar surface area (TPSA) is 9.23 Å². The van der Waals surface area contributed by atoms with Crippen molar-refractivity contribution in [2.75, 3.05) is 0 Å². The fraction of sp³-hybridized carbons (Fsp3) is 0.400. The highest BCUT2D eigenvalue weighted by molar-refractivity contribution is 5.64. The van der Waals surface area contributed by atoms with Crippen LogP contribution in [0.25, 0.3) is 11.1 Å². The third-order valence-corrected chi connectivity index (χ3v) is 4.01. The van der Waals surface area contributed by atoms with Crippen molar-refractivity contribution in [3.63, 3.8) is 0 Å². The van der Waals surface area contributed by atoms with Gasteiger partial charge in [0.15, 0.2) is 11.6 Å². The highest BCUT2D eigenvalue weighted by Crippen LogP contribution is 2.29. The zero-order valence-electron chi connectivity index (χ0n) is 14.2. The molecule has 0 spiro atoms. The molecule has 0 saturated carbocycles. The van der Waals surface area contributed by atoms with E-state index in [1.54, 1.807) is 0 Å². The van der Waals surface area contributed by atoms with E-state index < -0.39 is 17.9 Å². The number of hydrogen-bond donors (Lipinski definition) is 0. The van der Waals surface area contributed by atoms with Crippen LogP contribution in [-0.4, -0.2) is 6.36 Å². The van der Waals surface area contributed by atoms with E-state index in [4.69, 9.17) is 0 Å². The van der Waals surface area contributed by atoms with Crippen LogP contribution in [0.5, 0.6) is 5.75 Å². The summed E-state index contributed by atoms with van der Waals surface area (Å²) < 4.78 is 53.9. The van der Waals surface area contributed by atoms with Crippen LogP contribution in [0.2, 0.25) is 0 Å². The molecule has 0 saturated heterocycles. The molecule has 0 fully saturated rings. The number of rotatable bonds is 8. The van der Waals surface area contributed by atoms with E-state index >= 15 is 0 Å². The maximum Gasteiger partial charge on any atom is 0.573 e. The van der Waals surface area contributed by atoms with Crippen molar-refractivity contribution < 1.29 is 22.3 Å². The maximum absolute atomic E-state index is 13.8. The minimum absolute atomic E-state index is 0.515. The second-order valence-corrected chi connectivity index (χ2v) is 6.05. The van der Waals surface area contributed by atoms with Gasteiger partial charge in [0.2, 0.25) is 0 Å². The van der Waals surface area contributed by atoms with E-state index in [-0.39, 0.29) is 0 Å². The van der Waals surface area contributed by atoms with Crippen LogP contribution in [0.3, 0.4) is 0 Å². The number of ether oxygens (including phenoxy) is 1. The van der Waals surface area contributed by atoms with Gasteiger partial charge in [0.25, 0.3) is 0 Å². The van der Waals surface area contributed by atoms with Crippen LogP contribution in [0, 0.1) is 5.82 Å². The lowest BCUT2D eigenvalue weighted by atomic mass is 10.0. The van der Waals surface area contributed by atoms with Crippen molar-refractivity contribution >= 4 is 0 Å². The monoisotopic (exact) mass is 354 g/mol. The molecule has 2 rings (SSSR count). The second-order valence-electron chi connectivity index (χ2n) is 6.05. The summed E-state index contributed by atoms with van der Waals surface area (Å²) in [6.45, 7) is 2.18. The minimum Gasteiger partial charge on any atom is -0.403 e. The Kier molecular flexibility index (Phi) is 6.85. The minimum atomic E-state index is -4.90. The Morgan fingerprint density at radius 3 is 2.08 bits per heavy atom. The third-order valence-electron chi connectivity index (χ3n) is 4.01. The molecular weight excluding hydrogens is 332 g/mol. The number of unbranched alkanes of at least 4 members (excludes halogenated alkanes) is 4. The van der Waals surface area contributed by atoms with E-state index in [2.05, 4.69) is 11.7 Å². The normalized spacial score (nSPS) is 11.6. The summed E-state index contributed by atoms with van der Waals surface area (Å²) >= 11 is 0. The molecule has 0 aromatic heterocycles. The predicted octanol–water partition coefficient (Wildman–Crippen LogP) is 6.90. The van der Waals surface area contributed by atoms with Crippen molar-refractivity contribution in [3.8, 4) is 16.9 Å². The van der Waals surface area contributed by atoms with Gasteiger partial charge in [-0.1, -0.05) is 62.9 Å². The summed E-state index contributed by atoms with van der Waals surface area (Å²) in [6.07, 6.45) is 2.17. The molecule has 0 aliphatic heterocycles. The van der Waals surface area contributed by atoms with Crippen LogP contribution >= 0.6 is 0 Å². The van der Waals surface area contributed by atoms with Gasteiger partial charge in [-0.15, -0.1) is 13.2 Å². The molecule has 0 atom stereocenters. The van der Waals surface area contributed by atoms with Gasteiger partial charge in [-0.2, -0.15) is 0 Å². The molecule has 1 nitrogen and oxygen atoms in total. The second kappa shape index (κ2) is 8.88. The van der Waals surface area contributed by atoms with Gasteiger partial charge >= 0.3 is 6.36 Å². The molecular formula is C20H22F4O. The quantitative estimate of drug-likeness (QED) is 0.370. The smallest absolute Gasteiger partial charge is 0.403 e. The molecule has 0 aliphatic rings. The average Bonchev–Trinajstić information content (AvgIpc) is 2.56. The van der Waals surface area contributed by atoms with Crippen molar-refractivity contribution in [3.05, 3.63) is 53.8 Å². The molecule has 0 amide bonds. The summed E-state index contributed by atoms with van der Waals surface area (Å²) in [5.74, 6) is -1.85. The Morgan fingerprint density at radius 1 is 0.840 bits per heavy atom. The molecule has 0 heterocycles. The van der Waals surface area contributed by atoms with E-state index in [0.717, 1.165) is 30.5 Å². The van der Waals surface area contributed by atoms with Crippen molar-refractivity contribution in [2.24, 2.45) is 0 Å². The van der Waals surface area contributed by atoms with E-state index in [1.807, 2.05) is 24.3 Å². The zero-order chi connectivity index (χ0) is 18.3. The molecule has 2 aromatic carbocycles. The highest BCUT2D eigenvalue weighted by Gasteiger charge is 2.32. The number of aryl methyl sites for hydroxylation is 1. The molecule has 5 heteroatoms. The van der Waals surface area contributed by atoms with E-state index in [0.29, 0.717) is 5.56 Å². The molecule has 0 aliphatic carbocycles. The fourth-order valence-corrected chi connectivity index (χ4v) is 2.68. The Labute approximate surface area is 145 Å². The van der Waals surface area contributed by atoms with Gasteiger partial charge < -0.3 is 4.74 Å². The molecule has 2 aromatic rings. The summed E-state index contributed by atoms with van der Waals surface area (Å²) in [6, 6.07) is 11.2. The highest BCUT2D eigenvalue weighted by atomic mass is 19.4. The predicted molar refractivity (Wildman–Crippen MR) is 91.0 cm³/mol. The standard InChI is InChI=1S/C20H22F4O/c1-2-3-4-5-6-7-15-8-10-16(11-9-15)17-12-13-19(18(21)14-17)25-20(22,23)24/h8-14H,2-7H2,1H3. The lowest BCUT2D eigenvalue weighted by molar-refractivity contribution is -0.275. The van der Waals surface area contributed by atoms with E-state index in [1.165, 1.54) is 37.3 Å². The van der Waals surface area contributed by atoms with Crippen molar-refractivity contribution in [1.29, 1.82) is 0 Å². The Morgan fingerprint density at radius 2 is 1.48 bits per heavy atom. The van der Waals surface area contributed by atoms with Crippen LogP contribution < -0.4 is 4.74 Å². The first-order valence-electron chi connectivity index (χ1n) is 8.53. The largest absolute Gasteiger partial charge is 0.573 e. The van der Waals surface area contributed by atoms with Gasteiger partial charge in [-0.25, -0.2) is 4.39 Å². The number of halogens is 4. The Hall–Kier alpha value is -2.04. The SMILES string of the molecule is CCCCCCCc1ccc(-c2ccc(OC(F)(F)F)c(F)c2)cc1. The van der Waals surface area contributed by atoms with Gasteiger partial charge in [0, 0.05) is 0 Å². The van der Waals surface area contributed by atoms with Crippen molar-refractivity contribution in [1.82, 2.24) is 0 Å². The van der Waals surface area contributed by atoms with Gasteiger partial charge in [-0.3, -0.25) is 0 Å². The Balaban J connectivity index is 1.98. The van der Waals surface area contributed by atoms with Gasteiger partial charge in [0.05, 0.1) is 0 Å². The average molecular weight is 354 g/mol. The van der Waals surface area contributed by atoms with Crippen LogP contribution in [-0.2, 0) is 6.42 Å². The summed E-state index contributed by atoms with van der Waals surface area (Å²) in [7, 11) is 0. The number of benzene rings is 2. The van der Waals surface area contributed by atoms with Crippen LogP contribution in [0.1, 0.15) is 44.6 Å². The van der Waals surface area contributed by atoms with Gasteiger partial charge in [-0.05, 0) is 41.7 Å². The first-order chi connectivity index (χ1) is 11.9. The summed E-state index contributed by atoms with van der Waals surface area (Å²) in [5.41, 5.74) is 2.48. The number of hydrogen-bond acceptors (Lipinski definition) is 1. The summed E-state index contributed by atoms with van der Waals surface area (Å²) in [4.78, 5) is 0. The first-order valence-corrected chi connectivity index (χ1v) is 8.53. The lowest BCUT2D eigenvalue weighted by Crippen LogP contribution is -2.17. The van der Waals surface area contributed by atoms with Crippen LogP contribution in [0.4, 0.5) is 17.6 Å². The lowest BCUT2D eigenvalue weighted by Gasteiger charge is -2.11. The molecule has 136 valence electrons. The van der Waals surface area contributed by atoms with Crippen molar-refractivity contribution in [2.45, 2.75) is 51.8 Å². The van der Waals surface area contributed by atoms with Crippen LogP contribution in [0.15, 0.2) is 42.5 Å².